The summed E-state index contributed by atoms with van der Waals surface area (Å²) < 4.78 is 16.8. The summed E-state index contributed by atoms with van der Waals surface area (Å²) in [5.41, 5.74) is 8.16. The molecule has 0 amide bonds. The molecule has 0 aliphatic heterocycles. The first-order valence-electron chi connectivity index (χ1n) is 5.79. The third-order valence-corrected chi connectivity index (χ3v) is 3.71. The van der Waals surface area contributed by atoms with E-state index in [1.54, 1.807) is 20.5 Å². The van der Waals surface area contributed by atoms with Crippen LogP contribution in [-0.2, 0) is 0 Å². The first-order valence-corrected chi connectivity index (χ1v) is 6.58. The summed E-state index contributed by atoms with van der Waals surface area (Å²) in [7, 11) is 3.19. The molecule has 1 unspecified atom stereocenters. The molecule has 5 heteroatoms. The molecule has 4 nitrogen and oxygen atoms in total. The van der Waals surface area contributed by atoms with Crippen LogP contribution in [-0.4, -0.2) is 14.2 Å². The Morgan fingerprint density at radius 1 is 1.21 bits per heavy atom. The van der Waals surface area contributed by atoms with Crippen molar-refractivity contribution in [3.8, 4) is 11.5 Å². The molecule has 2 rings (SSSR count). The van der Waals surface area contributed by atoms with Crippen molar-refractivity contribution in [2.24, 2.45) is 5.73 Å². The highest BCUT2D eigenvalue weighted by atomic mass is 79.9. The van der Waals surface area contributed by atoms with Crippen LogP contribution in [0, 0.1) is 6.92 Å². The van der Waals surface area contributed by atoms with Crippen LogP contribution < -0.4 is 15.2 Å². The van der Waals surface area contributed by atoms with Gasteiger partial charge in [0.15, 0.2) is 11.5 Å². The van der Waals surface area contributed by atoms with Crippen molar-refractivity contribution in [2.45, 2.75) is 13.0 Å². The topological polar surface area (TPSA) is 57.6 Å². The summed E-state index contributed by atoms with van der Waals surface area (Å²) in [4.78, 5) is 0. The second-order valence-corrected chi connectivity index (χ2v) is 5.03. The lowest BCUT2D eigenvalue weighted by atomic mass is 10.0. The minimum absolute atomic E-state index is 0.357. The molecule has 1 atom stereocenters. The van der Waals surface area contributed by atoms with Crippen LogP contribution in [0.1, 0.15) is 22.9 Å². The maximum atomic E-state index is 6.26. The van der Waals surface area contributed by atoms with Crippen LogP contribution in [0.3, 0.4) is 0 Å². The van der Waals surface area contributed by atoms with E-state index in [-0.39, 0.29) is 6.04 Å². The van der Waals surface area contributed by atoms with E-state index in [2.05, 4.69) is 15.9 Å². The number of benzene rings is 1. The summed E-state index contributed by atoms with van der Waals surface area (Å²) in [6.45, 7) is 1.97. The van der Waals surface area contributed by atoms with Crippen LogP contribution in [0.25, 0.3) is 0 Å². The zero-order valence-corrected chi connectivity index (χ0v) is 12.7. The van der Waals surface area contributed by atoms with E-state index in [0.29, 0.717) is 11.5 Å². The monoisotopic (exact) mass is 325 g/mol. The average molecular weight is 326 g/mol. The Labute approximate surface area is 120 Å². The fourth-order valence-electron chi connectivity index (χ4n) is 1.95. The zero-order chi connectivity index (χ0) is 14.0. The van der Waals surface area contributed by atoms with Gasteiger partial charge in [0.05, 0.1) is 26.5 Å². The first kappa shape index (κ1) is 14.0. The zero-order valence-electron chi connectivity index (χ0n) is 11.1. The predicted octanol–water partition coefficient (Wildman–Crippen LogP) is 3.42. The van der Waals surface area contributed by atoms with Gasteiger partial charge in [-0.1, -0.05) is 15.9 Å². The van der Waals surface area contributed by atoms with E-state index in [4.69, 9.17) is 19.6 Å². The lowest BCUT2D eigenvalue weighted by Gasteiger charge is -2.16. The Kier molecular flexibility index (Phi) is 4.17. The molecule has 0 fully saturated rings. The number of hydrogen-bond acceptors (Lipinski definition) is 4. The van der Waals surface area contributed by atoms with Gasteiger partial charge in [-0.25, -0.2) is 0 Å². The van der Waals surface area contributed by atoms with E-state index >= 15 is 0 Å². The summed E-state index contributed by atoms with van der Waals surface area (Å²) in [5.74, 6) is 2.04. The molecule has 1 heterocycles. The normalized spacial score (nSPS) is 12.3. The van der Waals surface area contributed by atoms with Crippen LogP contribution in [0.15, 0.2) is 33.4 Å². The molecule has 1 aromatic carbocycles. The minimum atomic E-state index is -0.357. The fraction of sp³-hybridized carbons (Fsp3) is 0.286. The number of aryl methyl sites for hydroxylation is 1. The molecule has 0 aliphatic carbocycles. The number of hydrogen-bond donors (Lipinski definition) is 1. The average Bonchev–Trinajstić information content (AvgIpc) is 2.83. The summed E-state index contributed by atoms with van der Waals surface area (Å²) in [5, 5.41) is 0. The molecular formula is C14H16BrNO3. The van der Waals surface area contributed by atoms with Gasteiger partial charge >= 0.3 is 0 Å². The Hall–Kier alpha value is -1.46. The van der Waals surface area contributed by atoms with E-state index in [9.17, 15) is 0 Å². The van der Waals surface area contributed by atoms with Crippen LogP contribution in [0.2, 0.25) is 0 Å². The van der Waals surface area contributed by atoms with Crippen LogP contribution in [0.5, 0.6) is 11.5 Å². The highest BCUT2D eigenvalue weighted by Crippen LogP contribution is 2.37. The molecule has 0 spiro atoms. The molecule has 0 saturated carbocycles. The molecule has 2 aromatic rings. The molecule has 1 aromatic heterocycles. The number of methoxy groups -OCH3 is 2. The first-order chi connectivity index (χ1) is 9.08. The number of rotatable bonds is 4. The van der Waals surface area contributed by atoms with Crippen molar-refractivity contribution in [2.75, 3.05) is 14.2 Å². The van der Waals surface area contributed by atoms with Crippen molar-refractivity contribution in [1.82, 2.24) is 0 Å². The molecule has 0 saturated heterocycles. The fourth-order valence-corrected chi connectivity index (χ4v) is 2.52. The lowest BCUT2D eigenvalue weighted by Crippen LogP contribution is -2.13. The van der Waals surface area contributed by atoms with Gasteiger partial charge in [0.2, 0.25) is 0 Å². The van der Waals surface area contributed by atoms with Gasteiger partial charge in [0, 0.05) is 4.47 Å². The van der Waals surface area contributed by atoms with E-state index in [1.165, 1.54) is 0 Å². The second-order valence-electron chi connectivity index (χ2n) is 4.17. The van der Waals surface area contributed by atoms with Crippen LogP contribution >= 0.6 is 15.9 Å². The Balaban J connectivity index is 2.48. The highest BCUT2D eigenvalue weighted by Gasteiger charge is 2.20. The molecule has 0 aliphatic rings. The molecule has 0 bridgehead atoms. The van der Waals surface area contributed by atoms with Crippen molar-refractivity contribution >= 4 is 15.9 Å². The standard InChI is InChI=1S/C14H16BrNO3/c1-8-4-5-19-14(8)13(16)9-6-11(17-2)12(18-3)7-10(9)15/h4-7,13H,16H2,1-3H3. The van der Waals surface area contributed by atoms with E-state index in [1.807, 2.05) is 25.1 Å². The summed E-state index contributed by atoms with van der Waals surface area (Å²) in [6, 6.07) is 5.23. The largest absolute Gasteiger partial charge is 0.493 e. The third kappa shape index (κ3) is 2.62. The molecule has 0 radical (unpaired) electrons. The Morgan fingerprint density at radius 2 is 1.84 bits per heavy atom. The van der Waals surface area contributed by atoms with Gasteiger partial charge in [-0.05, 0) is 36.2 Å². The third-order valence-electron chi connectivity index (χ3n) is 3.02. The minimum Gasteiger partial charge on any atom is -0.493 e. The molecule has 2 N–H and O–H groups in total. The van der Waals surface area contributed by atoms with Crippen LogP contribution in [0.4, 0.5) is 0 Å². The smallest absolute Gasteiger partial charge is 0.161 e. The number of ether oxygens (including phenoxy) is 2. The molecule has 102 valence electrons. The maximum Gasteiger partial charge on any atom is 0.161 e. The summed E-state index contributed by atoms with van der Waals surface area (Å²) >= 11 is 3.50. The lowest BCUT2D eigenvalue weighted by molar-refractivity contribution is 0.354. The van der Waals surface area contributed by atoms with Crippen molar-refractivity contribution in [1.29, 1.82) is 0 Å². The van der Waals surface area contributed by atoms with Gasteiger partial charge in [-0.3, -0.25) is 0 Å². The summed E-state index contributed by atoms with van der Waals surface area (Å²) in [6.07, 6.45) is 1.64. The molecular weight excluding hydrogens is 310 g/mol. The van der Waals surface area contributed by atoms with Gasteiger partial charge in [-0.15, -0.1) is 0 Å². The van der Waals surface area contributed by atoms with Crippen molar-refractivity contribution < 1.29 is 13.9 Å². The van der Waals surface area contributed by atoms with Crippen molar-refractivity contribution in [3.63, 3.8) is 0 Å². The van der Waals surface area contributed by atoms with Gasteiger partial charge < -0.3 is 19.6 Å². The number of halogens is 1. The Morgan fingerprint density at radius 3 is 2.37 bits per heavy atom. The number of nitrogens with two attached hydrogens (primary N) is 1. The second kappa shape index (κ2) is 5.67. The quantitative estimate of drug-likeness (QED) is 0.935. The molecule has 19 heavy (non-hydrogen) atoms. The number of furan rings is 1. The SMILES string of the molecule is COc1cc(Br)c(C(N)c2occc2C)cc1OC. The van der Waals surface area contributed by atoms with Gasteiger partial charge in [-0.2, -0.15) is 0 Å². The highest BCUT2D eigenvalue weighted by molar-refractivity contribution is 9.10. The van der Waals surface area contributed by atoms with Gasteiger partial charge in [0.25, 0.3) is 0 Å². The van der Waals surface area contributed by atoms with Gasteiger partial charge in [0.1, 0.15) is 5.76 Å². The van der Waals surface area contributed by atoms with E-state index in [0.717, 1.165) is 21.4 Å². The van der Waals surface area contributed by atoms with Crippen molar-refractivity contribution in [3.05, 3.63) is 45.8 Å². The maximum absolute atomic E-state index is 6.26. The Bertz CT molecular complexity index is 580. The van der Waals surface area contributed by atoms with E-state index < -0.39 is 0 Å². The predicted molar refractivity (Wildman–Crippen MR) is 76.7 cm³/mol.